The molecule has 1 aromatic heterocycles. The number of hydrogen-bond acceptors (Lipinski definition) is 2. The Morgan fingerprint density at radius 3 is 2.50 bits per heavy atom. The largest absolute Gasteiger partial charge is 0.451 e. The first-order valence-corrected chi connectivity index (χ1v) is 7.64. The molecule has 0 radical (unpaired) electrons. The number of furan rings is 1. The van der Waals surface area contributed by atoms with E-state index in [1.54, 1.807) is 12.1 Å². The fourth-order valence-electron chi connectivity index (χ4n) is 2.18. The van der Waals surface area contributed by atoms with Gasteiger partial charge in [-0.1, -0.05) is 46.3 Å². The minimum absolute atomic E-state index is 0.0951. The average Bonchev–Trinajstić information content (AvgIpc) is 2.77. The summed E-state index contributed by atoms with van der Waals surface area (Å²) in [5.74, 6) is 0.298. The van der Waals surface area contributed by atoms with Crippen molar-refractivity contribution in [2.75, 3.05) is 0 Å². The van der Waals surface area contributed by atoms with E-state index in [-0.39, 0.29) is 5.78 Å². The van der Waals surface area contributed by atoms with Gasteiger partial charge in [0, 0.05) is 21.0 Å². The van der Waals surface area contributed by atoms with Gasteiger partial charge in [-0.3, -0.25) is 4.79 Å². The van der Waals surface area contributed by atoms with E-state index in [1.807, 2.05) is 37.3 Å². The minimum Gasteiger partial charge on any atom is -0.451 e. The van der Waals surface area contributed by atoms with E-state index >= 15 is 0 Å². The molecule has 0 saturated carbocycles. The van der Waals surface area contributed by atoms with Crippen molar-refractivity contribution in [2.45, 2.75) is 6.92 Å². The van der Waals surface area contributed by atoms with Gasteiger partial charge >= 0.3 is 0 Å². The van der Waals surface area contributed by atoms with E-state index < -0.39 is 0 Å². The molecule has 0 amide bonds. The van der Waals surface area contributed by atoms with Gasteiger partial charge in [-0.05, 0) is 35.0 Å². The molecule has 0 aliphatic carbocycles. The van der Waals surface area contributed by atoms with Crippen LogP contribution in [0.3, 0.4) is 0 Å². The molecule has 100 valence electrons. The van der Waals surface area contributed by atoms with Crippen molar-refractivity contribution in [2.24, 2.45) is 0 Å². The predicted molar refractivity (Wildman–Crippen MR) is 86.2 cm³/mol. The van der Waals surface area contributed by atoms with Gasteiger partial charge in [0.15, 0.2) is 5.76 Å². The Balaban J connectivity index is 2.21. The Morgan fingerprint density at radius 1 is 1.10 bits per heavy atom. The van der Waals surface area contributed by atoms with Crippen LogP contribution in [0.1, 0.15) is 21.7 Å². The normalized spacial score (nSPS) is 10.9. The first-order chi connectivity index (χ1) is 9.58. The zero-order chi connectivity index (χ0) is 14.3. The second kappa shape index (κ2) is 5.19. The summed E-state index contributed by atoms with van der Waals surface area (Å²) in [4.78, 5) is 12.5. The molecule has 0 saturated heterocycles. The lowest BCUT2D eigenvalue weighted by molar-refractivity contribution is 0.101. The maximum absolute atomic E-state index is 12.5. The van der Waals surface area contributed by atoms with Gasteiger partial charge in [-0.2, -0.15) is 0 Å². The SMILES string of the molecule is Cc1c(C(=O)c2ccccc2)oc2c(Br)cc(Br)cc12. The highest BCUT2D eigenvalue weighted by Crippen LogP contribution is 2.34. The van der Waals surface area contributed by atoms with Crippen LogP contribution in [0.2, 0.25) is 0 Å². The summed E-state index contributed by atoms with van der Waals surface area (Å²) in [6.45, 7) is 1.90. The standard InChI is InChI=1S/C16H10Br2O2/c1-9-12-7-11(17)8-13(18)16(12)20-15(9)14(19)10-5-3-2-4-6-10/h2-8H,1H3. The third-order valence-electron chi connectivity index (χ3n) is 3.20. The Bertz CT molecular complexity index is 804. The maximum atomic E-state index is 12.5. The first kappa shape index (κ1) is 13.6. The number of halogens is 2. The van der Waals surface area contributed by atoms with Crippen LogP contribution in [0, 0.1) is 6.92 Å². The van der Waals surface area contributed by atoms with Crippen LogP contribution in [-0.2, 0) is 0 Å². The predicted octanol–water partition coefficient (Wildman–Crippen LogP) is 5.50. The van der Waals surface area contributed by atoms with Gasteiger partial charge in [0.2, 0.25) is 5.78 Å². The van der Waals surface area contributed by atoms with E-state index in [0.29, 0.717) is 16.9 Å². The Hall–Kier alpha value is -1.39. The second-order valence-corrected chi connectivity index (χ2v) is 6.29. The van der Waals surface area contributed by atoms with Crippen LogP contribution < -0.4 is 0 Å². The molecule has 20 heavy (non-hydrogen) atoms. The molecule has 0 N–H and O–H groups in total. The highest BCUT2D eigenvalue weighted by atomic mass is 79.9. The summed E-state index contributed by atoms with van der Waals surface area (Å²) in [5, 5.41) is 0.936. The van der Waals surface area contributed by atoms with E-state index in [1.165, 1.54) is 0 Å². The van der Waals surface area contributed by atoms with E-state index in [2.05, 4.69) is 31.9 Å². The van der Waals surface area contributed by atoms with Gasteiger partial charge in [0.05, 0.1) is 4.47 Å². The lowest BCUT2D eigenvalue weighted by atomic mass is 10.1. The monoisotopic (exact) mass is 392 g/mol. The van der Waals surface area contributed by atoms with Gasteiger partial charge in [-0.25, -0.2) is 0 Å². The highest BCUT2D eigenvalue weighted by molar-refractivity contribution is 9.11. The topological polar surface area (TPSA) is 30.2 Å². The molecule has 2 nitrogen and oxygen atoms in total. The number of hydrogen-bond donors (Lipinski definition) is 0. The van der Waals surface area contributed by atoms with Gasteiger partial charge < -0.3 is 4.42 Å². The molecule has 0 fully saturated rings. The molecular weight excluding hydrogens is 384 g/mol. The maximum Gasteiger partial charge on any atom is 0.228 e. The van der Waals surface area contributed by atoms with Crippen molar-refractivity contribution in [1.29, 1.82) is 0 Å². The zero-order valence-corrected chi connectivity index (χ0v) is 13.8. The average molecular weight is 394 g/mol. The number of aryl methyl sites for hydroxylation is 1. The molecule has 2 aromatic carbocycles. The number of rotatable bonds is 2. The number of carbonyl (C=O) groups excluding carboxylic acids is 1. The lowest BCUT2D eigenvalue weighted by Crippen LogP contribution is -2.00. The van der Waals surface area contributed by atoms with Crippen LogP contribution in [0.25, 0.3) is 11.0 Å². The van der Waals surface area contributed by atoms with Crippen LogP contribution in [0.5, 0.6) is 0 Å². The van der Waals surface area contributed by atoms with Crippen molar-refractivity contribution >= 4 is 48.6 Å². The highest BCUT2D eigenvalue weighted by Gasteiger charge is 2.20. The molecule has 3 aromatic rings. The fraction of sp³-hybridized carbons (Fsp3) is 0.0625. The van der Waals surface area contributed by atoms with Crippen LogP contribution >= 0.6 is 31.9 Å². The van der Waals surface area contributed by atoms with Crippen LogP contribution in [0.15, 0.2) is 55.8 Å². The molecule has 0 unspecified atom stereocenters. The molecule has 0 atom stereocenters. The summed E-state index contributed by atoms with van der Waals surface area (Å²) in [5.41, 5.74) is 2.19. The summed E-state index contributed by atoms with van der Waals surface area (Å²) in [6, 6.07) is 13.0. The molecule has 0 aliphatic rings. The Labute approximate surface area is 133 Å². The fourth-order valence-corrected chi connectivity index (χ4v) is 3.49. The molecule has 0 aliphatic heterocycles. The number of ketones is 1. The van der Waals surface area contributed by atoms with Crippen LogP contribution in [0.4, 0.5) is 0 Å². The molecule has 4 heteroatoms. The minimum atomic E-state index is -0.0951. The van der Waals surface area contributed by atoms with Crippen molar-refractivity contribution < 1.29 is 9.21 Å². The van der Waals surface area contributed by atoms with Crippen molar-refractivity contribution in [1.82, 2.24) is 0 Å². The van der Waals surface area contributed by atoms with E-state index in [0.717, 1.165) is 19.9 Å². The molecular formula is C16H10Br2O2. The van der Waals surface area contributed by atoms with Gasteiger partial charge in [-0.15, -0.1) is 0 Å². The first-order valence-electron chi connectivity index (χ1n) is 6.06. The molecule has 3 rings (SSSR count). The Morgan fingerprint density at radius 2 is 1.80 bits per heavy atom. The molecule has 0 spiro atoms. The summed E-state index contributed by atoms with van der Waals surface area (Å²) < 4.78 is 7.56. The summed E-state index contributed by atoms with van der Waals surface area (Å²) in [6.07, 6.45) is 0. The summed E-state index contributed by atoms with van der Waals surface area (Å²) >= 11 is 6.92. The molecule has 0 bridgehead atoms. The number of benzene rings is 2. The third-order valence-corrected chi connectivity index (χ3v) is 4.25. The number of carbonyl (C=O) groups is 1. The second-order valence-electron chi connectivity index (χ2n) is 4.52. The third kappa shape index (κ3) is 2.23. The van der Waals surface area contributed by atoms with Gasteiger partial charge in [0.25, 0.3) is 0 Å². The Kier molecular flexibility index (Phi) is 3.52. The van der Waals surface area contributed by atoms with Crippen LogP contribution in [-0.4, -0.2) is 5.78 Å². The van der Waals surface area contributed by atoms with Crippen molar-refractivity contribution in [3.63, 3.8) is 0 Å². The van der Waals surface area contributed by atoms with Crippen molar-refractivity contribution in [3.05, 3.63) is 68.3 Å². The summed E-state index contributed by atoms with van der Waals surface area (Å²) in [7, 11) is 0. The van der Waals surface area contributed by atoms with E-state index in [4.69, 9.17) is 4.42 Å². The van der Waals surface area contributed by atoms with Crippen molar-refractivity contribution in [3.8, 4) is 0 Å². The zero-order valence-electron chi connectivity index (χ0n) is 10.6. The lowest BCUT2D eigenvalue weighted by Gasteiger charge is -1.98. The molecule has 1 heterocycles. The smallest absolute Gasteiger partial charge is 0.228 e. The number of fused-ring (bicyclic) bond motifs is 1. The quantitative estimate of drug-likeness (QED) is 0.538. The van der Waals surface area contributed by atoms with Gasteiger partial charge in [0.1, 0.15) is 5.58 Å². The van der Waals surface area contributed by atoms with E-state index in [9.17, 15) is 4.79 Å².